The molecule has 2 atom stereocenters. The average molecular weight is 520 g/mol. The minimum Gasteiger partial charge on any atom is -0.497 e. The molecule has 3 aromatic carbocycles. The summed E-state index contributed by atoms with van der Waals surface area (Å²) in [7, 11) is 1.65. The van der Waals surface area contributed by atoms with Crippen LogP contribution in [0.3, 0.4) is 0 Å². The summed E-state index contributed by atoms with van der Waals surface area (Å²) in [4.78, 5) is 15.2. The van der Waals surface area contributed by atoms with Gasteiger partial charge in [0.2, 0.25) is 5.91 Å². The van der Waals surface area contributed by atoms with Gasteiger partial charge in [-0.15, -0.1) is 0 Å². The van der Waals surface area contributed by atoms with Gasteiger partial charge in [0.25, 0.3) is 0 Å². The molecule has 0 aromatic heterocycles. The second kappa shape index (κ2) is 13.1. The van der Waals surface area contributed by atoms with E-state index in [-0.39, 0.29) is 31.0 Å². The van der Waals surface area contributed by atoms with Gasteiger partial charge in [-0.05, 0) is 92.1 Å². The first-order valence-electron chi connectivity index (χ1n) is 13.7. The second-order valence-electron chi connectivity index (χ2n) is 10.7. The molecule has 204 valence electrons. The smallest absolute Gasteiger partial charge is 0.230 e. The van der Waals surface area contributed by atoms with Gasteiger partial charge in [0.05, 0.1) is 26.2 Å². The molecule has 1 aliphatic carbocycles. The standard InChI is InChI=1S/C32H41NO5/c1-22(2)33(32(35)23(3)26-9-10-28-18-31(36-4)14-11-27(28)17-26)19-29(34)21-38-30-12-7-24(8-13-30)15-16-37-20-25-5-6-25/h7-14,17-18,22-23,25,29,34H,5-6,15-16,19-21H2,1-4H3/t23-,29+/m0/s1. The zero-order valence-corrected chi connectivity index (χ0v) is 23.1. The van der Waals surface area contributed by atoms with E-state index in [1.165, 1.54) is 18.4 Å². The van der Waals surface area contributed by atoms with Gasteiger partial charge < -0.3 is 24.2 Å². The van der Waals surface area contributed by atoms with E-state index in [1.807, 2.05) is 75.4 Å². The highest BCUT2D eigenvalue weighted by molar-refractivity contribution is 5.88. The van der Waals surface area contributed by atoms with E-state index in [9.17, 15) is 9.90 Å². The van der Waals surface area contributed by atoms with Crippen LogP contribution in [0, 0.1) is 5.92 Å². The quantitative estimate of drug-likeness (QED) is 0.281. The molecule has 4 rings (SSSR count). The van der Waals surface area contributed by atoms with Crippen LogP contribution in [-0.4, -0.2) is 61.5 Å². The Balaban J connectivity index is 1.28. The number of amides is 1. The maximum atomic E-state index is 13.5. The summed E-state index contributed by atoms with van der Waals surface area (Å²) in [5.74, 6) is 1.95. The largest absolute Gasteiger partial charge is 0.497 e. The van der Waals surface area contributed by atoms with Crippen molar-refractivity contribution in [2.24, 2.45) is 5.92 Å². The number of carbonyl (C=O) groups excluding carboxylic acids is 1. The van der Waals surface area contributed by atoms with Crippen molar-refractivity contribution in [1.29, 1.82) is 0 Å². The predicted octanol–water partition coefficient (Wildman–Crippen LogP) is 5.60. The van der Waals surface area contributed by atoms with Crippen molar-refractivity contribution >= 4 is 16.7 Å². The summed E-state index contributed by atoms with van der Waals surface area (Å²) in [5, 5.41) is 12.8. The number of hydrogen-bond acceptors (Lipinski definition) is 5. The number of benzene rings is 3. The van der Waals surface area contributed by atoms with Crippen LogP contribution >= 0.6 is 0 Å². The molecule has 1 aliphatic rings. The molecule has 0 bridgehead atoms. The van der Waals surface area contributed by atoms with Crippen molar-refractivity contribution in [1.82, 2.24) is 4.90 Å². The molecule has 1 saturated carbocycles. The Morgan fingerprint density at radius 2 is 1.66 bits per heavy atom. The monoisotopic (exact) mass is 519 g/mol. The Labute approximate surface area is 226 Å². The molecule has 0 heterocycles. The number of methoxy groups -OCH3 is 1. The molecule has 0 radical (unpaired) electrons. The van der Waals surface area contributed by atoms with Crippen molar-refractivity contribution in [2.45, 2.75) is 58.1 Å². The van der Waals surface area contributed by atoms with Crippen LogP contribution in [-0.2, 0) is 16.0 Å². The lowest BCUT2D eigenvalue weighted by atomic mass is 9.96. The van der Waals surface area contributed by atoms with E-state index in [4.69, 9.17) is 14.2 Å². The minimum atomic E-state index is -0.798. The second-order valence-corrected chi connectivity index (χ2v) is 10.7. The highest BCUT2D eigenvalue weighted by Crippen LogP contribution is 2.29. The Kier molecular flexibility index (Phi) is 9.64. The van der Waals surface area contributed by atoms with Gasteiger partial charge in [-0.25, -0.2) is 0 Å². The molecule has 1 N–H and O–H groups in total. The molecule has 6 heteroatoms. The Morgan fingerprint density at radius 3 is 2.34 bits per heavy atom. The minimum absolute atomic E-state index is 0.0137. The van der Waals surface area contributed by atoms with Crippen molar-refractivity contribution in [2.75, 3.05) is 33.5 Å². The van der Waals surface area contributed by atoms with Crippen LogP contribution < -0.4 is 9.47 Å². The van der Waals surface area contributed by atoms with Crippen molar-refractivity contribution < 1.29 is 24.1 Å². The number of carbonyl (C=O) groups is 1. The molecule has 1 fully saturated rings. The van der Waals surface area contributed by atoms with E-state index < -0.39 is 6.10 Å². The summed E-state index contributed by atoms with van der Waals surface area (Å²) in [6.07, 6.45) is 2.69. The Bertz CT molecular complexity index is 1190. The van der Waals surface area contributed by atoms with Crippen LogP contribution in [0.15, 0.2) is 60.7 Å². The fraction of sp³-hybridized carbons (Fsp3) is 0.469. The molecule has 0 saturated heterocycles. The molecule has 38 heavy (non-hydrogen) atoms. The molecular formula is C32H41NO5. The first kappa shape index (κ1) is 27.9. The third-order valence-electron chi connectivity index (χ3n) is 7.21. The summed E-state index contributed by atoms with van der Waals surface area (Å²) in [5.41, 5.74) is 2.15. The molecule has 0 spiro atoms. The Hall–Kier alpha value is -3.09. The molecule has 1 amide bonds. The van der Waals surface area contributed by atoms with Crippen LogP contribution in [0.2, 0.25) is 0 Å². The average Bonchev–Trinajstić information content (AvgIpc) is 3.76. The van der Waals surface area contributed by atoms with Gasteiger partial charge in [-0.1, -0.05) is 36.4 Å². The van der Waals surface area contributed by atoms with E-state index in [0.717, 1.165) is 47.6 Å². The topological polar surface area (TPSA) is 68.2 Å². The van der Waals surface area contributed by atoms with Crippen molar-refractivity contribution in [3.8, 4) is 11.5 Å². The lowest BCUT2D eigenvalue weighted by Crippen LogP contribution is -2.45. The molecule has 3 aromatic rings. The highest BCUT2D eigenvalue weighted by Gasteiger charge is 2.26. The summed E-state index contributed by atoms with van der Waals surface area (Å²) < 4.78 is 16.9. The molecule has 0 unspecified atom stereocenters. The SMILES string of the molecule is COc1ccc2cc([C@H](C)C(=O)N(C[C@@H](O)COc3ccc(CCOCC4CC4)cc3)C(C)C)ccc2c1. The van der Waals surface area contributed by atoms with E-state index in [1.54, 1.807) is 12.0 Å². The number of hydrogen-bond donors (Lipinski definition) is 1. The fourth-order valence-electron chi connectivity index (χ4n) is 4.53. The van der Waals surface area contributed by atoms with Gasteiger partial charge in [0, 0.05) is 12.6 Å². The van der Waals surface area contributed by atoms with Crippen LogP contribution in [0.4, 0.5) is 0 Å². The third-order valence-corrected chi connectivity index (χ3v) is 7.21. The maximum absolute atomic E-state index is 13.5. The van der Waals surface area contributed by atoms with Gasteiger partial charge in [0.1, 0.15) is 24.2 Å². The molecule has 0 aliphatic heterocycles. The number of aliphatic hydroxyl groups excluding tert-OH is 1. The van der Waals surface area contributed by atoms with Crippen LogP contribution in [0.1, 0.15) is 50.7 Å². The number of nitrogens with zero attached hydrogens (tertiary/aromatic N) is 1. The van der Waals surface area contributed by atoms with Crippen molar-refractivity contribution in [3.63, 3.8) is 0 Å². The summed E-state index contributed by atoms with van der Waals surface area (Å²) in [6.45, 7) is 7.81. The zero-order valence-electron chi connectivity index (χ0n) is 23.1. The van der Waals surface area contributed by atoms with Crippen LogP contribution in [0.5, 0.6) is 11.5 Å². The molecular weight excluding hydrogens is 478 g/mol. The first-order chi connectivity index (χ1) is 18.3. The van der Waals surface area contributed by atoms with E-state index in [2.05, 4.69) is 6.07 Å². The lowest BCUT2D eigenvalue weighted by Gasteiger charge is -2.31. The highest BCUT2D eigenvalue weighted by atomic mass is 16.5. The zero-order chi connectivity index (χ0) is 27.1. The number of ether oxygens (including phenoxy) is 3. The van der Waals surface area contributed by atoms with Crippen molar-refractivity contribution in [3.05, 3.63) is 71.8 Å². The van der Waals surface area contributed by atoms with Gasteiger partial charge in [-0.3, -0.25) is 4.79 Å². The van der Waals surface area contributed by atoms with Crippen LogP contribution in [0.25, 0.3) is 10.8 Å². The van der Waals surface area contributed by atoms with Gasteiger partial charge in [0.15, 0.2) is 0 Å². The Morgan fingerprint density at radius 1 is 0.974 bits per heavy atom. The van der Waals surface area contributed by atoms with Gasteiger partial charge >= 0.3 is 0 Å². The number of aliphatic hydroxyl groups is 1. The molecule has 6 nitrogen and oxygen atoms in total. The number of rotatable bonds is 14. The lowest BCUT2D eigenvalue weighted by molar-refractivity contribution is -0.136. The fourth-order valence-corrected chi connectivity index (χ4v) is 4.53. The normalized spacial score (nSPS) is 14.9. The first-order valence-corrected chi connectivity index (χ1v) is 13.7. The summed E-state index contributed by atoms with van der Waals surface area (Å²) >= 11 is 0. The predicted molar refractivity (Wildman–Crippen MR) is 151 cm³/mol. The number of fused-ring (bicyclic) bond motifs is 1. The third kappa shape index (κ3) is 7.71. The van der Waals surface area contributed by atoms with E-state index in [0.29, 0.717) is 5.75 Å². The van der Waals surface area contributed by atoms with E-state index >= 15 is 0 Å². The summed E-state index contributed by atoms with van der Waals surface area (Å²) in [6, 6.07) is 19.8. The maximum Gasteiger partial charge on any atom is 0.230 e. The van der Waals surface area contributed by atoms with Gasteiger partial charge in [-0.2, -0.15) is 0 Å².